The Hall–Kier alpha value is -7.06. The monoisotopic (exact) mass is 902 g/mol. The maximum absolute atomic E-state index is 13.9. The van der Waals surface area contributed by atoms with Gasteiger partial charge in [0.2, 0.25) is 23.7 Å². The van der Waals surface area contributed by atoms with Gasteiger partial charge in [-0.3, -0.25) is 39.2 Å². The first-order valence-electron chi connectivity index (χ1n) is 22.4. The third kappa shape index (κ3) is 8.84. The Morgan fingerprint density at radius 3 is 1.44 bits per heavy atom. The second-order valence-electron chi connectivity index (χ2n) is 16.8. The Bertz CT molecular complexity index is 2660. The van der Waals surface area contributed by atoms with Crippen molar-refractivity contribution in [2.75, 3.05) is 74.0 Å². The summed E-state index contributed by atoms with van der Waals surface area (Å²) in [4.78, 5) is 67.3. The summed E-state index contributed by atoms with van der Waals surface area (Å²) in [6.07, 6.45) is 6.88. The standard InChI is InChI=1S/C46H58N14O6/c1-7-57-37(19-27(3)53-57)43(63)51-45-49-33-21-29(41(47)61)23-35-39(33)59(45)31(25-55(35)15-11-17-65-5)13-9-10-14-32-26-56(16-12-18-66-6)36-24-30(42(48)62)22-34-40(36)60(32)46(50-34)52-44(64)38-20-28(4)54-58(38)8-2/h9-10,19-24,31-32H,7-8,11-18,25-26H2,1-6H3,(H2,47,61)(H2,48,62)(H,49,51,63)(H,50,52,64)/b10-9+/t31-,32-/m0/s1. The van der Waals surface area contributed by atoms with Gasteiger partial charge in [0, 0.05) is 77.8 Å². The van der Waals surface area contributed by atoms with Crippen LogP contribution in [-0.2, 0) is 22.6 Å². The molecule has 6 N–H and O–H groups in total. The number of rotatable bonds is 20. The first-order chi connectivity index (χ1) is 31.8. The van der Waals surface area contributed by atoms with Crippen LogP contribution in [0.2, 0.25) is 0 Å². The van der Waals surface area contributed by atoms with Gasteiger partial charge in [-0.1, -0.05) is 12.2 Å². The van der Waals surface area contributed by atoms with Crippen LogP contribution in [0.4, 0.5) is 23.3 Å². The van der Waals surface area contributed by atoms with Crippen molar-refractivity contribution in [3.8, 4) is 0 Å². The molecule has 0 aliphatic carbocycles. The summed E-state index contributed by atoms with van der Waals surface area (Å²) in [7, 11) is 3.34. The van der Waals surface area contributed by atoms with Gasteiger partial charge in [-0.15, -0.1) is 0 Å². The molecule has 4 amide bonds. The van der Waals surface area contributed by atoms with E-state index in [1.54, 1.807) is 60.0 Å². The minimum Gasteiger partial charge on any atom is -0.385 e. The zero-order chi connectivity index (χ0) is 46.8. The largest absolute Gasteiger partial charge is 0.385 e. The number of imidazole rings is 2. The first kappa shape index (κ1) is 45.5. The van der Waals surface area contributed by atoms with E-state index in [0.717, 1.165) is 46.6 Å². The molecule has 6 heterocycles. The number of methoxy groups -OCH3 is 2. The van der Waals surface area contributed by atoms with E-state index in [4.69, 9.17) is 30.9 Å². The van der Waals surface area contributed by atoms with E-state index in [2.05, 4.69) is 51.9 Å². The predicted octanol–water partition coefficient (Wildman–Crippen LogP) is 4.97. The molecule has 348 valence electrons. The quantitative estimate of drug-likeness (QED) is 0.0587. The summed E-state index contributed by atoms with van der Waals surface area (Å²) < 4.78 is 18.3. The minimum atomic E-state index is -0.575. The van der Waals surface area contributed by atoms with E-state index in [0.29, 0.717) is 111 Å². The lowest BCUT2D eigenvalue weighted by atomic mass is 10.0. The molecule has 0 spiro atoms. The van der Waals surface area contributed by atoms with Crippen LogP contribution in [0.5, 0.6) is 0 Å². The second-order valence-corrected chi connectivity index (χ2v) is 16.8. The van der Waals surface area contributed by atoms with E-state index < -0.39 is 11.8 Å². The summed E-state index contributed by atoms with van der Waals surface area (Å²) in [6.45, 7) is 12.0. The van der Waals surface area contributed by atoms with E-state index in [1.807, 2.05) is 27.7 Å². The lowest BCUT2D eigenvalue weighted by molar-refractivity contribution is 0.0992. The van der Waals surface area contributed by atoms with Gasteiger partial charge >= 0.3 is 0 Å². The Labute approximate surface area is 381 Å². The van der Waals surface area contributed by atoms with E-state index in [9.17, 15) is 19.2 Å². The van der Waals surface area contributed by atoms with Crippen LogP contribution in [0.25, 0.3) is 22.1 Å². The zero-order valence-electron chi connectivity index (χ0n) is 38.3. The van der Waals surface area contributed by atoms with Crippen LogP contribution >= 0.6 is 0 Å². The summed E-state index contributed by atoms with van der Waals surface area (Å²) in [5, 5.41) is 15.1. The highest BCUT2D eigenvalue weighted by Crippen LogP contribution is 2.42. The number of hydrogen-bond acceptors (Lipinski definition) is 12. The fraction of sp³-hybridized carbons (Fsp3) is 0.435. The molecular formula is C46H58N14O6. The van der Waals surface area contributed by atoms with Gasteiger partial charge in [0.1, 0.15) is 11.4 Å². The van der Waals surface area contributed by atoms with Gasteiger partial charge in [-0.25, -0.2) is 9.97 Å². The number of nitrogens with two attached hydrogens (primary N) is 2. The van der Waals surface area contributed by atoms with Crippen LogP contribution < -0.4 is 31.9 Å². The number of aryl methyl sites for hydroxylation is 4. The first-order valence-corrected chi connectivity index (χ1v) is 22.4. The number of anilines is 4. The van der Waals surface area contributed by atoms with E-state index in [1.165, 1.54) is 0 Å². The Morgan fingerprint density at radius 1 is 0.667 bits per heavy atom. The normalized spacial score (nSPS) is 15.7. The topological polar surface area (TPSA) is 241 Å². The SMILES string of the molecule is CCn1nc(C)cc1C(=O)Nc1nc2cc(C(N)=O)cc3c2n1[C@@H](C/C=C/C[C@H]1CN(CCCOC)c2cc(C(N)=O)cc4nc(NC(=O)c5cc(C)nn5CC)n1c24)CN3CCCOC. The minimum absolute atomic E-state index is 0.194. The van der Waals surface area contributed by atoms with Gasteiger partial charge in [0.15, 0.2) is 0 Å². The van der Waals surface area contributed by atoms with Gasteiger partial charge in [-0.05, 0) is 89.8 Å². The number of aromatic nitrogens is 8. The number of hydrogen-bond donors (Lipinski definition) is 4. The Balaban J connectivity index is 1.16. The number of nitrogens with zero attached hydrogens (tertiary/aromatic N) is 10. The molecular weight excluding hydrogens is 845 g/mol. The molecule has 20 heteroatoms. The zero-order valence-corrected chi connectivity index (χ0v) is 38.3. The predicted molar refractivity (Wildman–Crippen MR) is 252 cm³/mol. The summed E-state index contributed by atoms with van der Waals surface area (Å²) in [6, 6.07) is 10.0. The molecule has 2 aliphatic heterocycles. The van der Waals surface area contributed by atoms with Crippen molar-refractivity contribution in [3.63, 3.8) is 0 Å². The van der Waals surface area contributed by atoms with Crippen LogP contribution in [0.3, 0.4) is 0 Å². The second kappa shape index (κ2) is 19.2. The highest BCUT2D eigenvalue weighted by atomic mass is 16.5. The van der Waals surface area contributed by atoms with Crippen LogP contribution in [0, 0.1) is 13.8 Å². The molecule has 0 bridgehead atoms. The fourth-order valence-corrected chi connectivity index (χ4v) is 9.30. The molecule has 0 saturated carbocycles. The molecule has 0 fully saturated rings. The molecule has 66 heavy (non-hydrogen) atoms. The average Bonchev–Trinajstić information content (AvgIpc) is 4.07. The number of carbonyl (C=O) groups is 4. The third-order valence-corrected chi connectivity index (χ3v) is 12.2. The van der Waals surface area contributed by atoms with Crippen molar-refractivity contribution in [2.45, 2.75) is 78.6 Å². The molecule has 2 atom stereocenters. The molecule has 0 unspecified atom stereocenters. The van der Waals surface area contributed by atoms with Crippen molar-refractivity contribution in [1.82, 2.24) is 38.7 Å². The van der Waals surface area contributed by atoms with Gasteiger partial charge in [-0.2, -0.15) is 10.2 Å². The van der Waals surface area contributed by atoms with Gasteiger partial charge < -0.3 is 39.9 Å². The number of primary amides is 2. The molecule has 6 aromatic rings. The van der Waals surface area contributed by atoms with Gasteiger partial charge in [0.25, 0.3) is 11.8 Å². The average molecular weight is 903 g/mol. The van der Waals surface area contributed by atoms with Gasteiger partial charge in [0.05, 0.1) is 56.9 Å². The van der Waals surface area contributed by atoms with Crippen LogP contribution in [0.15, 0.2) is 48.6 Å². The van der Waals surface area contributed by atoms with Crippen molar-refractivity contribution < 1.29 is 28.7 Å². The molecule has 4 aromatic heterocycles. The molecule has 0 saturated heterocycles. The van der Waals surface area contributed by atoms with Crippen molar-refractivity contribution in [3.05, 3.63) is 82.5 Å². The van der Waals surface area contributed by atoms with Crippen LogP contribution in [0.1, 0.15) is 105 Å². The van der Waals surface area contributed by atoms with Crippen LogP contribution in [-0.4, -0.2) is 116 Å². The molecule has 8 rings (SSSR count). The highest BCUT2D eigenvalue weighted by molar-refractivity contribution is 6.07. The molecule has 0 radical (unpaired) electrons. The highest BCUT2D eigenvalue weighted by Gasteiger charge is 2.34. The van der Waals surface area contributed by atoms with Crippen molar-refractivity contribution in [1.29, 1.82) is 0 Å². The summed E-state index contributed by atoms with van der Waals surface area (Å²) >= 11 is 0. The summed E-state index contributed by atoms with van der Waals surface area (Å²) in [5.74, 6) is -1.15. The number of benzene rings is 2. The van der Waals surface area contributed by atoms with E-state index >= 15 is 0 Å². The van der Waals surface area contributed by atoms with Crippen molar-refractivity contribution in [2.24, 2.45) is 11.5 Å². The smallest absolute Gasteiger partial charge is 0.276 e. The maximum Gasteiger partial charge on any atom is 0.276 e. The van der Waals surface area contributed by atoms with Crippen molar-refractivity contribution >= 4 is 69.0 Å². The number of allylic oxidation sites excluding steroid dienone is 2. The number of carbonyl (C=O) groups excluding carboxylic acids is 4. The van der Waals surface area contributed by atoms with E-state index in [-0.39, 0.29) is 23.9 Å². The number of amides is 4. The molecule has 20 nitrogen and oxygen atoms in total. The fourth-order valence-electron chi connectivity index (χ4n) is 9.30. The third-order valence-electron chi connectivity index (χ3n) is 12.2. The number of ether oxygens (including phenoxy) is 2. The lowest BCUT2D eigenvalue weighted by Gasteiger charge is -2.37. The lowest BCUT2D eigenvalue weighted by Crippen LogP contribution is -2.37. The molecule has 2 aliphatic rings. The number of nitrogens with one attached hydrogen (secondary N) is 2. The molecule has 2 aromatic carbocycles. The Morgan fingerprint density at radius 2 is 1.08 bits per heavy atom. The summed E-state index contributed by atoms with van der Waals surface area (Å²) in [5.41, 5.74) is 18.8. The maximum atomic E-state index is 13.9. The Kier molecular flexibility index (Phi) is 13.2.